The lowest BCUT2D eigenvalue weighted by Gasteiger charge is -2.49. The Labute approximate surface area is 252 Å². The van der Waals surface area contributed by atoms with Crippen LogP contribution in [0.15, 0.2) is 84.4 Å². The standard InChI is InChI=1S/C33H26Cl2N2O5/c1-33-25(30(40)37(32(33)42)19-5-3-2-4-6-19)16-23-21(28(33)24-15-18(35)9-14-26(24)38)12-13-22-27(23)31(41)36(29(22)39)20-10-7-17(34)8-11-20/h2-12,14-15,22-23,25,27-28,38H,13,16H2,1H3. The first-order valence-corrected chi connectivity index (χ1v) is 14.6. The number of hydrogen-bond acceptors (Lipinski definition) is 5. The largest absolute Gasteiger partial charge is 0.508 e. The quantitative estimate of drug-likeness (QED) is 0.288. The molecule has 9 heteroatoms. The van der Waals surface area contributed by atoms with E-state index in [9.17, 15) is 24.3 Å². The van der Waals surface area contributed by atoms with Crippen LogP contribution in [0.25, 0.3) is 0 Å². The second-order valence-corrected chi connectivity index (χ2v) is 12.6. The molecule has 2 heterocycles. The number of hydrogen-bond donors (Lipinski definition) is 1. The molecule has 7 nitrogen and oxygen atoms in total. The molecule has 4 amide bonds. The molecule has 2 aliphatic heterocycles. The summed E-state index contributed by atoms with van der Waals surface area (Å²) in [6.45, 7) is 1.77. The first kappa shape index (κ1) is 26.9. The molecule has 7 rings (SSSR count). The van der Waals surface area contributed by atoms with E-state index in [1.807, 2.05) is 12.1 Å². The number of phenols is 1. The van der Waals surface area contributed by atoms with Crippen molar-refractivity contribution < 1.29 is 24.3 Å². The monoisotopic (exact) mass is 600 g/mol. The third-order valence-electron chi connectivity index (χ3n) is 9.67. The van der Waals surface area contributed by atoms with Gasteiger partial charge in [-0.05, 0) is 80.3 Å². The van der Waals surface area contributed by atoms with E-state index in [1.165, 1.54) is 15.9 Å². The van der Waals surface area contributed by atoms with Crippen LogP contribution in [0.3, 0.4) is 0 Å². The van der Waals surface area contributed by atoms with E-state index in [0.717, 1.165) is 5.57 Å². The minimum absolute atomic E-state index is 0.0527. The van der Waals surface area contributed by atoms with Crippen LogP contribution in [0, 0.1) is 29.1 Å². The lowest BCUT2D eigenvalue weighted by Crippen LogP contribution is -2.48. The maximum Gasteiger partial charge on any atom is 0.241 e. The van der Waals surface area contributed by atoms with Crippen molar-refractivity contribution in [2.24, 2.45) is 29.1 Å². The van der Waals surface area contributed by atoms with Crippen LogP contribution in [0.5, 0.6) is 5.75 Å². The van der Waals surface area contributed by atoms with Gasteiger partial charge in [0.2, 0.25) is 23.6 Å². The molecule has 3 aromatic carbocycles. The van der Waals surface area contributed by atoms with Gasteiger partial charge in [-0.15, -0.1) is 0 Å². The Bertz CT molecular complexity index is 1710. The van der Waals surface area contributed by atoms with Crippen LogP contribution < -0.4 is 9.80 Å². The number of aromatic hydroxyl groups is 1. The van der Waals surface area contributed by atoms with Crippen LogP contribution >= 0.6 is 23.2 Å². The van der Waals surface area contributed by atoms with E-state index >= 15 is 0 Å². The average molecular weight is 601 g/mol. The Morgan fingerprint density at radius 3 is 2.17 bits per heavy atom. The number of rotatable bonds is 3. The molecule has 2 aliphatic carbocycles. The number of carbonyl (C=O) groups excluding carboxylic acids is 4. The Morgan fingerprint density at radius 1 is 0.786 bits per heavy atom. The highest BCUT2D eigenvalue weighted by atomic mass is 35.5. The van der Waals surface area contributed by atoms with Gasteiger partial charge in [0, 0.05) is 21.5 Å². The summed E-state index contributed by atoms with van der Waals surface area (Å²) in [5.41, 5.74) is 0.853. The fraction of sp³-hybridized carbons (Fsp3) is 0.273. The van der Waals surface area contributed by atoms with Gasteiger partial charge in [-0.3, -0.25) is 24.1 Å². The number of fused-ring (bicyclic) bond motifs is 4. The zero-order valence-electron chi connectivity index (χ0n) is 22.5. The van der Waals surface area contributed by atoms with Crippen molar-refractivity contribution >= 4 is 58.2 Å². The highest BCUT2D eigenvalue weighted by Gasteiger charge is 2.68. The number of anilines is 2. The number of benzene rings is 3. The highest BCUT2D eigenvalue weighted by Crippen LogP contribution is 2.64. The normalized spacial score (nSPS) is 30.3. The summed E-state index contributed by atoms with van der Waals surface area (Å²) >= 11 is 12.5. The number of nitrogens with zero attached hydrogens (tertiary/aromatic N) is 2. The van der Waals surface area contributed by atoms with Gasteiger partial charge in [-0.2, -0.15) is 0 Å². The van der Waals surface area contributed by atoms with E-state index in [0.29, 0.717) is 33.4 Å². The van der Waals surface area contributed by atoms with Crippen molar-refractivity contribution in [2.75, 3.05) is 9.80 Å². The summed E-state index contributed by atoms with van der Waals surface area (Å²) in [7, 11) is 0. The predicted molar refractivity (Wildman–Crippen MR) is 158 cm³/mol. The smallest absolute Gasteiger partial charge is 0.241 e. The number of amides is 4. The molecular formula is C33H26Cl2N2O5. The summed E-state index contributed by atoms with van der Waals surface area (Å²) < 4.78 is 0. The summed E-state index contributed by atoms with van der Waals surface area (Å²) in [4.78, 5) is 58.7. The summed E-state index contributed by atoms with van der Waals surface area (Å²) in [5, 5.41) is 12.0. The number of phenolic OH excluding ortho intramolecular Hbond substituents is 1. The van der Waals surface area contributed by atoms with Gasteiger partial charge < -0.3 is 5.11 Å². The number of carbonyl (C=O) groups is 4. The van der Waals surface area contributed by atoms with Gasteiger partial charge in [0.1, 0.15) is 5.75 Å². The van der Waals surface area contributed by atoms with Crippen molar-refractivity contribution in [1.29, 1.82) is 0 Å². The van der Waals surface area contributed by atoms with E-state index in [4.69, 9.17) is 23.2 Å². The van der Waals surface area contributed by atoms with Gasteiger partial charge in [0.05, 0.1) is 34.5 Å². The molecule has 0 aromatic heterocycles. The lowest BCUT2D eigenvalue weighted by molar-refractivity contribution is -0.131. The second-order valence-electron chi connectivity index (χ2n) is 11.7. The van der Waals surface area contributed by atoms with Crippen LogP contribution in [0.4, 0.5) is 11.4 Å². The topological polar surface area (TPSA) is 95.0 Å². The summed E-state index contributed by atoms with van der Waals surface area (Å²) in [6.07, 6.45) is 2.47. The molecule has 6 atom stereocenters. The molecule has 1 N–H and O–H groups in total. The van der Waals surface area contributed by atoms with E-state index < -0.39 is 35.0 Å². The van der Waals surface area contributed by atoms with Crippen molar-refractivity contribution in [3.05, 3.63) is 100 Å². The Morgan fingerprint density at radius 2 is 1.45 bits per heavy atom. The molecule has 2 saturated heterocycles. The molecule has 0 bridgehead atoms. The molecule has 3 aromatic rings. The van der Waals surface area contributed by atoms with Crippen molar-refractivity contribution in [2.45, 2.75) is 25.7 Å². The fourth-order valence-corrected chi connectivity index (χ4v) is 8.09. The van der Waals surface area contributed by atoms with Crippen LogP contribution in [0.2, 0.25) is 10.0 Å². The maximum absolute atomic E-state index is 14.4. The number of para-hydroxylation sites is 1. The van der Waals surface area contributed by atoms with E-state index in [1.54, 1.807) is 67.6 Å². The molecule has 42 heavy (non-hydrogen) atoms. The molecule has 4 aliphatic rings. The SMILES string of the molecule is CC12C(=O)N(c3ccccc3)C(=O)C1CC1C(=CCC3C(=O)N(c4ccc(Cl)cc4)C(=O)C31)C2c1cc(Cl)ccc1O. The number of halogens is 2. The van der Waals surface area contributed by atoms with Crippen molar-refractivity contribution in [3.8, 4) is 5.75 Å². The maximum atomic E-state index is 14.4. The van der Waals surface area contributed by atoms with Gasteiger partial charge in [0.25, 0.3) is 0 Å². The third kappa shape index (κ3) is 3.66. The highest BCUT2D eigenvalue weighted by molar-refractivity contribution is 6.31. The Hall–Kier alpha value is -3.94. The molecule has 0 spiro atoms. The molecule has 6 unspecified atom stereocenters. The predicted octanol–water partition coefficient (Wildman–Crippen LogP) is 6.13. The first-order chi connectivity index (χ1) is 20.1. The Balaban J connectivity index is 1.38. The lowest BCUT2D eigenvalue weighted by atomic mass is 9.51. The molecule has 1 saturated carbocycles. The van der Waals surface area contributed by atoms with Crippen LogP contribution in [-0.4, -0.2) is 28.7 Å². The Kier molecular flexibility index (Phi) is 6.12. The minimum atomic E-state index is -1.26. The van der Waals surface area contributed by atoms with E-state index in [2.05, 4.69) is 0 Å². The van der Waals surface area contributed by atoms with Crippen LogP contribution in [-0.2, 0) is 19.2 Å². The average Bonchev–Trinajstić information content (AvgIpc) is 3.35. The zero-order valence-corrected chi connectivity index (χ0v) is 24.0. The molecule has 212 valence electrons. The van der Waals surface area contributed by atoms with Gasteiger partial charge >= 0.3 is 0 Å². The third-order valence-corrected chi connectivity index (χ3v) is 10.2. The van der Waals surface area contributed by atoms with Crippen molar-refractivity contribution in [3.63, 3.8) is 0 Å². The van der Waals surface area contributed by atoms with Crippen molar-refractivity contribution in [1.82, 2.24) is 0 Å². The number of imide groups is 2. The summed E-state index contributed by atoms with van der Waals surface area (Å²) in [5.74, 6) is -4.74. The van der Waals surface area contributed by atoms with E-state index in [-0.39, 0.29) is 35.8 Å². The van der Waals surface area contributed by atoms with Gasteiger partial charge in [-0.25, -0.2) is 4.90 Å². The first-order valence-electron chi connectivity index (χ1n) is 13.9. The van der Waals surface area contributed by atoms with Gasteiger partial charge in [0.15, 0.2) is 0 Å². The fourth-order valence-electron chi connectivity index (χ4n) is 7.78. The minimum Gasteiger partial charge on any atom is -0.508 e. The molecule has 3 fully saturated rings. The van der Waals surface area contributed by atoms with Gasteiger partial charge in [-0.1, -0.05) is 53.1 Å². The second kappa shape index (κ2) is 9.54. The van der Waals surface area contributed by atoms with Crippen LogP contribution in [0.1, 0.15) is 31.2 Å². The number of allylic oxidation sites excluding steroid dienone is 2. The zero-order chi connectivity index (χ0) is 29.5. The molecule has 0 radical (unpaired) electrons. The molecular weight excluding hydrogens is 575 g/mol. The summed E-state index contributed by atoms with van der Waals surface area (Å²) in [6, 6.07) is 20.0.